The van der Waals surface area contributed by atoms with Crippen molar-refractivity contribution in [2.45, 2.75) is 44.9 Å². The maximum atomic E-state index is 4.87. The Labute approximate surface area is 223 Å². The van der Waals surface area contributed by atoms with Crippen LogP contribution in [0.2, 0.25) is 0 Å². The molecular formula is C35H31N3. The summed E-state index contributed by atoms with van der Waals surface area (Å²) in [6.07, 6.45) is 12.6. The Balaban J connectivity index is 1.41. The van der Waals surface area contributed by atoms with E-state index in [-0.39, 0.29) is 0 Å². The van der Waals surface area contributed by atoms with E-state index in [0.29, 0.717) is 0 Å². The molecule has 0 atom stereocenters. The number of benzene rings is 3. The van der Waals surface area contributed by atoms with Crippen molar-refractivity contribution in [1.29, 1.82) is 0 Å². The number of pyridine rings is 2. The quantitative estimate of drug-likeness (QED) is 0.211. The van der Waals surface area contributed by atoms with E-state index in [1.165, 1.54) is 65.0 Å². The maximum absolute atomic E-state index is 4.87. The van der Waals surface area contributed by atoms with Gasteiger partial charge in [0.05, 0.1) is 22.4 Å². The van der Waals surface area contributed by atoms with Crippen LogP contribution in [0.3, 0.4) is 0 Å². The number of hydrogen-bond donors (Lipinski definition) is 0. The molecular weight excluding hydrogens is 462 g/mol. The first-order chi connectivity index (χ1) is 18.8. The predicted octanol–water partition coefficient (Wildman–Crippen LogP) is 8.96. The van der Waals surface area contributed by atoms with Crippen LogP contribution in [-0.4, -0.2) is 14.5 Å². The minimum Gasteiger partial charge on any atom is -0.309 e. The van der Waals surface area contributed by atoms with Crippen molar-refractivity contribution in [3.05, 3.63) is 115 Å². The zero-order valence-electron chi connectivity index (χ0n) is 21.6. The van der Waals surface area contributed by atoms with Gasteiger partial charge in [0.25, 0.3) is 0 Å². The van der Waals surface area contributed by atoms with Crippen LogP contribution in [-0.2, 0) is 12.8 Å². The second-order valence-electron chi connectivity index (χ2n) is 10.5. The van der Waals surface area contributed by atoms with E-state index in [0.717, 1.165) is 41.0 Å². The van der Waals surface area contributed by atoms with E-state index < -0.39 is 0 Å². The third-order valence-corrected chi connectivity index (χ3v) is 7.95. The fraction of sp³-hybridized carbons (Fsp3) is 0.200. The fourth-order valence-electron chi connectivity index (χ4n) is 5.89. The van der Waals surface area contributed by atoms with Gasteiger partial charge in [-0.1, -0.05) is 73.9 Å². The number of fused-ring (bicyclic) bond motifs is 2. The van der Waals surface area contributed by atoms with E-state index in [4.69, 9.17) is 9.97 Å². The van der Waals surface area contributed by atoms with Crippen LogP contribution in [0, 0.1) is 0 Å². The summed E-state index contributed by atoms with van der Waals surface area (Å²) < 4.78 is 2.38. The molecule has 3 nitrogen and oxygen atoms in total. The lowest BCUT2D eigenvalue weighted by atomic mass is 10.0. The summed E-state index contributed by atoms with van der Waals surface area (Å²) in [4.78, 5) is 9.73. The molecule has 0 N–H and O–H groups in total. The molecule has 3 aromatic carbocycles. The lowest BCUT2D eigenvalue weighted by molar-refractivity contribution is 0.613. The molecule has 0 amide bonds. The first-order valence-electron chi connectivity index (χ1n) is 13.9. The average molecular weight is 494 g/mol. The van der Waals surface area contributed by atoms with Crippen molar-refractivity contribution >= 4 is 21.8 Å². The molecule has 6 aromatic rings. The number of para-hydroxylation sites is 1. The summed E-state index contributed by atoms with van der Waals surface area (Å²) in [5, 5.41) is 2.51. The van der Waals surface area contributed by atoms with E-state index in [1.807, 2.05) is 0 Å². The van der Waals surface area contributed by atoms with Gasteiger partial charge < -0.3 is 4.57 Å². The van der Waals surface area contributed by atoms with E-state index in [2.05, 4.69) is 108 Å². The van der Waals surface area contributed by atoms with Gasteiger partial charge in [0.1, 0.15) is 0 Å². The second kappa shape index (κ2) is 9.90. The molecule has 0 radical (unpaired) electrons. The molecule has 10 rings (SSSR count). The van der Waals surface area contributed by atoms with Crippen LogP contribution in [0.4, 0.5) is 0 Å². The normalized spacial score (nSPS) is 14.1. The topological polar surface area (TPSA) is 30.7 Å². The zero-order chi connectivity index (χ0) is 25.3. The van der Waals surface area contributed by atoms with Gasteiger partial charge in [-0.25, -0.2) is 0 Å². The van der Waals surface area contributed by atoms with E-state index in [1.54, 1.807) is 0 Å². The Bertz CT molecular complexity index is 1730. The number of nitrogens with zero attached hydrogens (tertiary/aromatic N) is 3. The Hall–Kier alpha value is -4.24. The second-order valence-corrected chi connectivity index (χ2v) is 10.5. The van der Waals surface area contributed by atoms with Crippen molar-refractivity contribution in [3.63, 3.8) is 0 Å². The monoisotopic (exact) mass is 493 g/mol. The van der Waals surface area contributed by atoms with E-state index in [9.17, 15) is 0 Å². The first kappa shape index (κ1) is 22.9. The summed E-state index contributed by atoms with van der Waals surface area (Å²) in [6, 6.07) is 33.1. The molecule has 186 valence electrons. The maximum Gasteiger partial charge on any atom is 0.0702 e. The van der Waals surface area contributed by atoms with Crippen molar-refractivity contribution in [1.82, 2.24) is 14.5 Å². The van der Waals surface area contributed by atoms with Gasteiger partial charge in [-0.2, -0.15) is 0 Å². The number of aromatic nitrogens is 3. The van der Waals surface area contributed by atoms with Gasteiger partial charge in [-0.3, -0.25) is 9.97 Å². The highest BCUT2D eigenvalue weighted by Crippen LogP contribution is 2.35. The lowest BCUT2D eigenvalue weighted by Crippen LogP contribution is -1.96. The molecule has 4 aliphatic rings. The average Bonchev–Trinajstić information content (AvgIpc) is 3.31. The molecule has 8 bridgehead atoms. The van der Waals surface area contributed by atoms with Crippen molar-refractivity contribution in [2.24, 2.45) is 0 Å². The smallest absolute Gasteiger partial charge is 0.0702 e. The first-order valence-corrected chi connectivity index (χ1v) is 13.9. The molecule has 3 heteroatoms. The summed E-state index contributed by atoms with van der Waals surface area (Å²) in [5.41, 5.74) is 10.5. The van der Waals surface area contributed by atoms with Crippen molar-refractivity contribution < 1.29 is 0 Å². The van der Waals surface area contributed by atoms with Gasteiger partial charge in [-0.15, -0.1) is 0 Å². The van der Waals surface area contributed by atoms with Gasteiger partial charge in [-0.05, 0) is 73.2 Å². The minimum absolute atomic E-state index is 1.02. The molecule has 7 heterocycles. The van der Waals surface area contributed by atoms with Gasteiger partial charge >= 0.3 is 0 Å². The molecule has 0 fully saturated rings. The van der Waals surface area contributed by atoms with Crippen molar-refractivity contribution in [2.75, 3.05) is 0 Å². The molecule has 0 saturated heterocycles. The third-order valence-electron chi connectivity index (χ3n) is 7.95. The van der Waals surface area contributed by atoms with Crippen LogP contribution in [0.5, 0.6) is 0 Å². The Kier molecular flexibility index (Phi) is 5.97. The minimum atomic E-state index is 1.02. The highest BCUT2D eigenvalue weighted by Gasteiger charge is 2.14. The molecule has 0 spiro atoms. The third kappa shape index (κ3) is 4.28. The number of rotatable bonds is 0. The molecule has 4 aliphatic heterocycles. The molecule has 3 aromatic heterocycles. The van der Waals surface area contributed by atoms with Crippen LogP contribution >= 0.6 is 0 Å². The molecule has 0 saturated carbocycles. The van der Waals surface area contributed by atoms with Crippen molar-refractivity contribution in [3.8, 4) is 28.2 Å². The highest BCUT2D eigenvalue weighted by molar-refractivity contribution is 6.10. The SMILES string of the molecule is c1cc2cc(c1)-n1c3ccccc3c3ccc(cc31)-c1ccc(cn1)CCCCCCCc1ccc-2nc1. The largest absolute Gasteiger partial charge is 0.309 e. The standard InChI is InChI=1S/C35H31N3/c1-2-4-9-25-15-19-32(36-23-25)27-11-8-12-29(21-27)38-34-14-7-6-13-30(34)31-18-17-28(22-35(31)38)33-20-16-26(24-37-33)10-5-3-1/h6-8,11-24H,1-5,9-10H2. The van der Waals surface area contributed by atoms with Gasteiger partial charge in [0, 0.05) is 40.0 Å². The van der Waals surface area contributed by atoms with Gasteiger partial charge in [0.2, 0.25) is 0 Å². The lowest BCUT2D eigenvalue weighted by Gasteiger charge is -2.11. The highest BCUT2D eigenvalue weighted by atomic mass is 15.0. The fourth-order valence-corrected chi connectivity index (χ4v) is 5.89. The Morgan fingerprint density at radius 2 is 1.16 bits per heavy atom. The van der Waals surface area contributed by atoms with Crippen LogP contribution in [0.15, 0.2) is 103 Å². The van der Waals surface area contributed by atoms with Crippen LogP contribution in [0.25, 0.3) is 50.0 Å². The van der Waals surface area contributed by atoms with Gasteiger partial charge in [0.15, 0.2) is 0 Å². The molecule has 0 unspecified atom stereocenters. The number of hydrogen-bond acceptors (Lipinski definition) is 2. The summed E-state index contributed by atoms with van der Waals surface area (Å²) >= 11 is 0. The van der Waals surface area contributed by atoms with E-state index >= 15 is 0 Å². The zero-order valence-corrected chi connectivity index (χ0v) is 21.6. The summed E-state index contributed by atoms with van der Waals surface area (Å²) in [5.74, 6) is 0. The van der Waals surface area contributed by atoms with Crippen LogP contribution < -0.4 is 0 Å². The van der Waals surface area contributed by atoms with Crippen LogP contribution in [0.1, 0.15) is 43.2 Å². The molecule has 38 heavy (non-hydrogen) atoms. The molecule has 0 aliphatic carbocycles. The number of aryl methyl sites for hydroxylation is 2. The Morgan fingerprint density at radius 1 is 0.500 bits per heavy atom. The predicted molar refractivity (Wildman–Crippen MR) is 158 cm³/mol. The Morgan fingerprint density at radius 3 is 1.87 bits per heavy atom. The summed E-state index contributed by atoms with van der Waals surface area (Å²) in [6.45, 7) is 0. The summed E-state index contributed by atoms with van der Waals surface area (Å²) in [7, 11) is 0.